The average Bonchev–Trinajstić information content (AvgIpc) is 2.73. The lowest BCUT2D eigenvalue weighted by Gasteiger charge is -2.39. The number of rotatable bonds is 2. The van der Waals surface area contributed by atoms with E-state index in [1.807, 2.05) is 12.1 Å². The predicted molar refractivity (Wildman–Crippen MR) is 81.4 cm³/mol. The fourth-order valence-electron chi connectivity index (χ4n) is 3.17. The largest absolute Gasteiger partial charge is 0.397 e. The molecule has 20 heavy (non-hydrogen) atoms. The van der Waals surface area contributed by atoms with Crippen molar-refractivity contribution in [1.82, 2.24) is 5.01 Å². The van der Waals surface area contributed by atoms with Crippen LogP contribution in [0.4, 0.5) is 17.1 Å². The Labute approximate surface area is 119 Å². The predicted octanol–water partition coefficient (Wildman–Crippen LogP) is 2.35. The Balaban J connectivity index is 1.84. The number of benzene rings is 1. The Kier molecular flexibility index (Phi) is 3.30. The van der Waals surface area contributed by atoms with Crippen molar-refractivity contribution in [2.45, 2.75) is 51.6 Å². The third-order valence-electron chi connectivity index (χ3n) is 4.34. The van der Waals surface area contributed by atoms with Gasteiger partial charge in [0, 0.05) is 17.8 Å². The maximum atomic E-state index is 11.4. The zero-order valence-electron chi connectivity index (χ0n) is 12.1. The molecule has 5 nitrogen and oxygen atoms in total. The number of carbonyl (C=O) groups is 1. The summed E-state index contributed by atoms with van der Waals surface area (Å²) in [7, 11) is 0. The van der Waals surface area contributed by atoms with Gasteiger partial charge in [-0.3, -0.25) is 4.79 Å². The maximum Gasteiger partial charge on any atom is 0.228 e. The van der Waals surface area contributed by atoms with E-state index in [0.717, 1.165) is 16.9 Å². The van der Waals surface area contributed by atoms with Crippen molar-refractivity contribution in [3.63, 3.8) is 0 Å². The standard InChI is InChI=1S/C15H22N4O/c1-9-4-3-5-10(2)19(9)18-14-8-13-11(6-12(14)16)7-15(20)17-13/h6,8-10,18H,3-5,7,16H2,1-2H3,(H,17,20). The first-order chi connectivity index (χ1) is 9.54. The fourth-order valence-corrected chi connectivity index (χ4v) is 3.17. The van der Waals surface area contributed by atoms with Crippen molar-refractivity contribution < 1.29 is 4.79 Å². The van der Waals surface area contributed by atoms with Crippen molar-refractivity contribution in [1.29, 1.82) is 0 Å². The SMILES string of the molecule is CC1CCCC(C)N1Nc1cc2c(cc1N)CC(=O)N2. The summed E-state index contributed by atoms with van der Waals surface area (Å²) in [5.74, 6) is 0.0382. The molecule has 2 aliphatic rings. The number of hydrogen-bond donors (Lipinski definition) is 3. The molecule has 0 aliphatic carbocycles. The molecule has 108 valence electrons. The molecule has 1 amide bonds. The Hall–Kier alpha value is -1.75. The summed E-state index contributed by atoms with van der Waals surface area (Å²) < 4.78 is 0. The van der Waals surface area contributed by atoms with Crippen LogP contribution >= 0.6 is 0 Å². The highest BCUT2D eigenvalue weighted by Gasteiger charge is 2.26. The third kappa shape index (κ3) is 2.33. The van der Waals surface area contributed by atoms with E-state index in [9.17, 15) is 4.79 Å². The average molecular weight is 274 g/mol. The van der Waals surface area contributed by atoms with E-state index < -0.39 is 0 Å². The molecule has 0 saturated carbocycles. The number of carbonyl (C=O) groups excluding carboxylic acids is 1. The van der Waals surface area contributed by atoms with E-state index >= 15 is 0 Å². The highest BCUT2D eigenvalue weighted by Crippen LogP contribution is 2.33. The number of anilines is 3. The molecule has 2 unspecified atom stereocenters. The normalized spacial score (nSPS) is 26.2. The smallest absolute Gasteiger partial charge is 0.228 e. The van der Waals surface area contributed by atoms with Crippen molar-refractivity contribution >= 4 is 23.0 Å². The zero-order valence-corrected chi connectivity index (χ0v) is 12.1. The Bertz CT molecular complexity index is 533. The molecule has 4 N–H and O–H groups in total. The summed E-state index contributed by atoms with van der Waals surface area (Å²) in [6.45, 7) is 4.46. The number of nitrogens with zero attached hydrogens (tertiary/aromatic N) is 1. The number of hydrogen-bond acceptors (Lipinski definition) is 4. The van der Waals surface area contributed by atoms with Crippen LogP contribution in [0.3, 0.4) is 0 Å². The number of fused-ring (bicyclic) bond motifs is 1. The summed E-state index contributed by atoms with van der Waals surface area (Å²) >= 11 is 0. The van der Waals surface area contributed by atoms with Crippen LogP contribution in [0.15, 0.2) is 12.1 Å². The first-order valence-electron chi connectivity index (χ1n) is 7.32. The molecular formula is C15H22N4O. The van der Waals surface area contributed by atoms with E-state index in [2.05, 4.69) is 29.6 Å². The molecule has 1 fully saturated rings. The molecule has 1 aromatic carbocycles. The van der Waals surface area contributed by atoms with Gasteiger partial charge in [-0.05, 0) is 44.4 Å². The summed E-state index contributed by atoms with van der Waals surface area (Å²) in [5, 5.41) is 5.15. The number of nitrogen functional groups attached to an aromatic ring is 1. The Morgan fingerprint density at radius 2 is 2.00 bits per heavy atom. The van der Waals surface area contributed by atoms with E-state index in [1.54, 1.807) is 0 Å². The molecule has 2 aliphatic heterocycles. The molecule has 2 heterocycles. The summed E-state index contributed by atoms with van der Waals surface area (Å²) in [4.78, 5) is 11.4. The van der Waals surface area contributed by atoms with Gasteiger partial charge in [0.15, 0.2) is 0 Å². The van der Waals surface area contributed by atoms with Gasteiger partial charge in [-0.1, -0.05) is 6.42 Å². The summed E-state index contributed by atoms with van der Waals surface area (Å²) in [6.07, 6.45) is 4.09. The second kappa shape index (κ2) is 4.98. The Morgan fingerprint density at radius 3 is 2.70 bits per heavy atom. The van der Waals surface area contributed by atoms with Gasteiger partial charge in [-0.25, -0.2) is 5.01 Å². The van der Waals surface area contributed by atoms with Crippen LogP contribution < -0.4 is 16.5 Å². The minimum absolute atomic E-state index is 0.0382. The lowest BCUT2D eigenvalue weighted by Crippen LogP contribution is -2.47. The topological polar surface area (TPSA) is 70.4 Å². The molecular weight excluding hydrogens is 252 g/mol. The number of hydrazine groups is 1. The van der Waals surface area contributed by atoms with E-state index in [0.29, 0.717) is 24.2 Å². The van der Waals surface area contributed by atoms with Crippen molar-refractivity contribution in [3.8, 4) is 0 Å². The van der Waals surface area contributed by atoms with Gasteiger partial charge in [-0.15, -0.1) is 0 Å². The molecule has 0 radical (unpaired) electrons. The van der Waals surface area contributed by atoms with Crippen molar-refractivity contribution in [2.75, 3.05) is 16.5 Å². The highest BCUT2D eigenvalue weighted by molar-refractivity contribution is 6.00. The maximum absolute atomic E-state index is 11.4. The molecule has 0 aromatic heterocycles. The molecule has 3 rings (SSSR count). The van der Waals surface area contributed by atoms with Crippen LogP contribution in [0.2, 0.25) is 0 Å². The first kappa shape index (κ1) is 13.2. The monoisotopic (exact) mass is 274 g/mol. The second-order valence-corrected chi connectivity index (χ2v) is 5.97. The van der Waals surface area contributed by atoms with Crippen LogP contribution in [0, 0.1) is 0 Å². The van der Waals surface area contributed by atoms with Crippen LogP contribution in [0.25, 0.3) is 0 Å². The molecule has 0 bridgehead atoms. The fraction of sp³-hybridized carbons (Fsp3) is 0.533. The van der Waals surface area contributed by atoms with Crippen LogP contribution in [0.5, 0.6) is 0 Å². The zero-order chi connectivity index (χ0) is 14.3. The number of piperidine rings is 1. The summed E-state index contributed by atoms with van der Waals surface area (Å²) in [6, 6.07) is 4.82. The number of amides is 1. The molecule has 2 atom stereocenters. The lowest BCUT2D eigenvalue weighted by molar-refractivity contribution is -0.115. The van der Waals surface area contributed by atoms with Gasteiger partial charge in [-0.2, -0.15) is 0 Å². The first-order valence-corrected chi connectivity index (χ1v) is 7.32. The quantitative estimate of drug-likeness (QED) is 0.724. The van der Waals surface area contributed by atoms with Crippen LogP contribution in [-0.4, -0.2) is 23.0 Å². The Morgan fingerprint density at radius 1 is 1.30 bits per heavy atom. The minimum atomic E-state index is 0.0382. The van der Waals surface area contributed by atoms with Gasteiger partial charge in [0.2, 0.25) is 5.91 Å². The van der Waals surface area contributed by atoms with Gasteiger partial charge in [0.25, 0.3) is 0 Å². The number of nitrogens with two attached hydrogens (primary N) is 1. The van der Waals surface area contributed by atoms with Crippen molar-refractivity contribution in [3.05, 3.63) is 17.7 Å². The van der Waals surface area contributed by atoms with Crippen LogP contribution in [-0.2, 0) is 11.2 Å². The second-order valence-electron chi connectivity index (χ2n) is 5.97. The van der Waals surface area contributed by atoms with Gasteiger partial charge in [0.1, 0.15) is 0 Å². The lowest BCUT2D eigenvalue weighted by atomic mass is 10.00. The molecule has 1 saturated heterocycles. The van der Waals surface area contributed by atoms with Crippen molar-refractivity contribution in [2.24, 2.45) is 0 Å². The van der Waals surface area contributed by atoms with Crippen LogP contribution in [0.1, 0.15) is 38.7 Å². The minimum Gasteiger partial charge on any atom is -0.397 e. The van der Waals surface area contributed by atoms with E-state index in [-0.39, 0.29) is 5.91 Å². The van der Waals surface area contributed by atoms with E-state index in [1.165, 1.54) is 19.3 Å². The molecule has 5 heteroatoms. The highest BCUT2D eigenvalue weighted by atomic mass is 16.1. The van der Waals surface area contributed by atoms with Gasteiger partial charge < -0.3 is 16.5 Å². The molecule has 1 aromatic rings. The third-order valence-corrected chi connectivity index (χ3v) is 4.34. The molecule has 0 spiro atoms. The summed E-state index contributed by atoms with van der Waals surface area (Å²) in [5.41, 5.74) is 13.0. The number of nitrogens with one attached hydrogen (secondary N) is 2. The van der Waals surface area contributed by atoms with Gasteiger partial charge in [0.05, 0.1) is 17.8 Å². The van der Waals surface area contributed by atoms with E-state index in [4.69, 9.17) is 5.73 Å². The van der Waals surface area contributed by atoms with Gasteiger partial charge >= 0.3 is 0 Å².